The van der Waals surface area contributed by atoms with Crippen molar-refractivity contribution in [3.63, 3.8) is 0 Å². The van der Waals surface area contributed by atoms with E-state index in [1.165, 1.54) is 12.8 Å². The maximum absolute atomic E-state index is 2.47. The Morgan fingerprint density at radius 2 is 1.40 bits per heavy atom. The minimum absolute atomic E-state index is 0.517. The van der Waals surface area contributed by atoms with Crippen LogP contribution in [-0.4, -0.2) is 0 Å². The highest BCUT2D eigenvalue weighted by Gasteiger charge is 2.33. The molecule has 0 aromatic carbocycles. The molecule has 0 bridgehead atoms. The van der Waals surface area contributed by atoms with Gasteiger partial charge < -0.3 is 0 Å². The second kappa shape index (κ2) is 5.92. The molecular weight excluding hydrogens is 180 g/mol. The van der Waals surface area contributed by atoms with Crippen LogP contribution in [-0.2, 0) is 0 Å². The molecule has 3 unspecified atom stereocenters. The van der Waals surface area contributed by atoms with Crippen molar-refractivity contribution in [1.82, 2.24) is 0 Å². The lowest BCUT2D eigenvalue weighted by atomic mass is 9.65. The standard InChI is InChI=1S/C15H32/c1-9-15(8,12(4)5)14(7)10-13(6)11(2)3/h11-14H,9-10H2,1-8H3. The van der Waals surface area contributed by atoms with Crippen LogP contribution >= 0.6 is 0 Å². The zero-order valence-corrected chi connectivity index (χ0v) is 12.2. The van der Waals surface area contributed by atoms with Crippen molar-refractivity contribution < 1.29 is 0 Å². The van der Waals surface area contributed by atoms with E-state index in [4.69, 9.17) is 0 Å². The fourth-order valence-corrected chi connectivity index (χ4v) is 2.42. The molecule has 15 heavy (non-hydrogen) atoms. The number of rotatable bonds is 6. The smallest absolute Gasteiger partial charge is 0.0280 e. The normalized spacial score (nSPS) is 20.4. The van der Waals surface area contributed by atoms with Crippen molar-refractivity contribution >= 4 is 0 Å². The lowest BCUT2D eigenvalue weighted by molar-refractivity contribution is 0.0933. The Morgan fingerprint density at radius 1 is 0.933 bits per heavy atom. The van der Waals surface area contributed by atoms with Crippen LogP contribution in [0.3, 0.4) is 0 Å². The molecule has 0 aromatic rings. The van der Waals surface area contributed by atoms with Gasteiger partial charge in [0.25, 0.3) is 0 Å². The van der Waals surface area contributed by atoms with Crippen LogP contribution in [0.4, 0.5) is 0 Å². The maximum Gasteiger partial charge on any atom is -0.0280 e. The molecule has 0 aliphatic carbocycles. The van der Waals surface area contributed by atoms with Crippen molar-refractivity contribution in [3.05, 3.63) is 0 Å². The summed E-state index contributed by atoms with van der Waals surface area (Å²) in [6.45, 7) is 19.1. The van der Waals surface area contributed by atoms with E-state index in [1.54, 1.807) is 0 Å². The third-order valence-corrected chi connectivity index (χ3v) is 5.07. The summed E-state index contributed by atoms with van der Waals surface area (Å²) in [6, 6.07) is 0. The van der Waals surface area contributed by atoms with E-state index in [0.717, 1.165) is 23.7 Å². The Bertz CT molecular complexity index is 169. The number of hydrogen-bond donors (Lipinski definition) is 0. The average Bonchev–Trinajstić information content (AvgIpc) is 2.15. The Balaban J connectivity index is 4.46. The van der Waals surface area contributed by atoms with Gasteiger partial charge in [0.2, 0.25) is 0 Å². The molecule has 3 atom stereocenters. The summed E-state index contributed by atoms with van der Waals surface area (Å²) < 4.78 is 0. The molecule has 0 amide bonds. The quantitative estimate of drug-likeness (QED) is 0.554. The summed E-state index contributed by atoms with van der Waals surface area (Å²) in [5.41, 5.74) is 0.517. The molecule has 0 aliphatic heterocycles. The summed E-state index contributed by atoms with van der Waals surface area (Å²) in [4.78, 5) is 0. The molecule has 0 nitrogen and oxygen atoms in total. The summed E-state index contributed by atoms with van der Waals surface area (Å²) in [7, 11) is 0. The van der Waals surface area contributed by atoms with E-state index in [2.05, 4.69) is 55.4 Å². The second-order valence-corrected chi connectivity index (χ2v) is 6.37. The van der Waals surface area contributed by atoms with Gasteiger partial charge >= 0.3 is 0 Å². The van der Waals surface area contributed by atoms with Crippen molar-refractivity contribution in [2.24, 2.45) is 29.1 Å². The van der Waals surface area contributed by atoms with Crippen molar-refractivity contribution in [3.8, 4) is 0 Å². The Morgan fingerprint density at radius 3 is 1.67 bits per heavy atom. The molecule has 0 spiro atoms. The molecule has 0 aromatic heterocycles. The molecule has 0 N–H and O–H groups in total. The van der Waals surface area contributed by atoms with Crippen LogP contribution in [0.2, 0.25) is 0 Å². The van der Waals surface area contributed by atoms with Crippen LogP contribution in [0.1, 0.15) is 68.2 Å². The largest absolute Gasteiger partial charge is 0.0648 e. The predicted molar refractivity (Wildman–Crippen MR) is 71.0 cm³/mol. The van der Waals surface area contributed by atoms with Gasteiger partial charge in [-0.2, -0.15) is 0 Å². The predicted octanol–water partition coefficient (Wildman–Crippen LogP) is 5.38. The van der Waals surface area contributed by atoms with Gasteiger partial charge in [-0.15, -0.1) is 0 Å². The fourth-order valence-electron chi connectivity index (χ4n) is 2.42. The van der Waals surface area contributed by atoms with Crippen LogP contribution in [0.15, 0.2) is 0 Å². The second-order valence-electron chi connectivity index (χ2n) is 6.37. The highest BCUT2D eigenvalue weighted by atomic mass is 14.4. The molecule has 0 fully saturated rings. The van der Waals surface area contributed by atoms with E-state index in [0.29, 0.717) is 5.41 Å². The molecule has 0 saturated carbocycles. The lowest BCUT2D eigenvalue weighted by Crippen LogP contribution is -2.32. The van der Waals surface area contributed by atoms with Gasteiger partial charge in [-0.25, -0.2) is 0 Å². The highest BCUT2D eigenvalue weighted by molar-refractivity contribution is 4.83. The monoisotopic (exact) mass is 212 g/mol. The zero-order valence-electron chi connectivity index (χ0n) is 12.2. The summed E-state index contributed by atoms with van der Waals surface area (Å²) in [6.07, 6.45) is 2.68. The fraction of sp³-hybridized carbons (Fsp3) is 1.00. The Labute approximate surface area is 97.8 Å². The first-order valence-corrected chi connectivity index (χ1v) is 6.75. The minimum Gasteiger partial charge on any atom is -0.0648 e. The van der Waals surface area contributed by atoms with Crippen LogP contribution < -0.4 is 0 Å². The third kappa shape index (κ3) is 3.81. The molecule has 0 rings (SSSR count). The van der Waals surface area contributed by atoms with Gasteiger partial charge in [0.1, 0.15) is 0 Å². The summed E-state index contributed by atoms with van der Waals surface area (Å²) in [5, 5.41) is 0. The molecule has 0 aliphatic rings. The van der Waals surface area contributed by atoms with Crippen molar-refractivity contribution in [1.29, 1.82) is 0 Å². The van der Waals surface area contributed by atoms with Crippen LogP contribution in [0, 0.1) is 29.1 Å². The zero-order chi connectivity index (χ0) is 12.2. The Hall–Kier alpha value is 0. The van der Waals surface area contributed by atoms with E-state index >= 15 is 0 Å². The van der Waals surface area contributed by atoms with Gasteiger partial charge in [-0.3, -0.25) is 0 Å². The van der Waals surface area contributed by atoms with Crippen LogP contribution in [0.25, 0.3) is 0 Å². The molecule has 0 radical (unpaired) electrons. The van der Waals surface area contributed by atoms with E-state index in [1.807, 2.05) is 0 Å². The lowest BCUT2D eigenvalue weighted by Gasteiger charge is -2.40. The van der Waals surface area contributed by atoms with Crippen molar-refractivity contribution in [2.45, 2.75) is 68.2 Å². The molecule has 0 heterocycles. The van der Waals surface area contributed by atoms with Gasteiger partial charge in [-0.05, 0) is 35.5 Å². The Kier molecular flexibility index (Phi) is 5.92. The first kappa shape index (κ1) is 15.0. The van der Waals surface area contributed by atoms with E-state index < -0.39 is 0 Å². The molecule has 0 saturated heterocycles. The van der Waals surface area contributed by atoms with Crippen molar-refractivity contribution in [2.75, 3.05) is 0 Å². The van der Waals surface area contributed by atoms with E-state index in [9.17, 15) is 0 Å². The topological polar surface area (TPSA) is 0 Å². The SMILES string of the molecule is CCC(C)(C(C)C)C(C)CC(C)C(C)C. The maximum atomic E-state index is 2.47. The van der Waals surface area contributed by atoms with Gasteiger partial charge in [-0.1, -0.05) is 61.8 Å². The van der Waals surface area contributed by atoms with Gasteiger partial charge in [0.15, 0.2) is 0 Å². The number of hydrogen-bond acceptors (Lipinski definition) is 0. The first-order valence-electron chi connectivity index (χ1n) is 6.75. The average molecular weight is 212 g/mol. The van der Waals surface area contributed by atoms with Crippen LogP contribution in [0.5, 0.6) is 0 Å². The first-order chi connectivity index (χ1) is 6.75. The summed E-state index contributed by atoms with van der Waals surface area (Å²) >= 11 is 0. The molecular formula is C15H32. The van der Waals surface area contributed by atoms with Gasteiger partial charge in [0, 0.05) is 0 Å². The van der Waals surface area contributed by atoms with Gasteiger partial charge in [0.05, 0.1) is 0 Å². The minimum atomic E-state index is 0.517. The molecule has 92 valence electrons. The summed E-state index contributed by atoms with van der Waals surface area (Å²) in [5.74, 6) is 3.29. The highest BCUT2D eigenvalue weighted by Crippen LogP contribution is 2.42. The third-order valence-electron chi connectivity index (χ3n) is 5.07. The molecule has 0 heteroatoms. The van der Waals surface area contributed by atoms with E-state index in [-0.39, 0.29) is 0 Å².